The van der Waals surface area contributed by atoms with Crippen LogP contribution in [0.25, 0.3) is 0 Å². The largest absolute Gasteiger partial charge is 0.385 e. The average molecular weight is 546 g/mol. The summed E-state index contributed by atoms with van der Waals surface area (Å²) in [6.07, 6.45) is 6.64. The van der Waals surface area contributed by atoms with Crippen molar-refractivity contribution >= 4 is 41.5 Å². The molecule has 0 atom stereocenters. The van der Waals surface area contributed by atoms with Crippen LogP contribution in [0.1, 0.15) is 44.1 Å². The Morgan fingerprint density at radius 3 is 2.68 bits per heavy atom. The van der Waals surface area contributed by atoms with Gasteiger partial charge in [-0.05, 0) is 44.0 Å². The lowest BCUT2D eigenvalue weighted by Gasteiger charge is -2.21. The third kappa shape index (κ3) is 11.2. The lowest BCUT2D eigenvalue weighted by Crippen LogP contribution is -2.40. The molecule has 1 aromatic carbocycles. The van der Waals surface area contributed by atoms with Crippen LogP contribution in [-0.4, -0.2) is 64.2 Å². The number of carbonyl (C=O) groups is 1. The zero-order valence-corrected chi connectivity index (χ0v) is 21.6. The van der Waals surface area contributed by atoms with Gasteiger partial charge in [-0.15, -0.1) is 24.0 Å². The minimum atomic E-state index is 0. The lowest BCUT2D eigenvalue weighted by molar-refractivity contribution is -0.120. The summed E-state index contributed by atoms with van der Waals surface area (Å²) < 4.78 is 5.09. The van der Waals surface area contributed by atoms with Crippen molar-refractivity contribution in [3.63, 3.8) is 0 Å². The van der Waals surface area contributed by atoms with Crippen molar-refractivity contribution in [1.29, 1.82) is 0 Å². The molecular formula is C23H40IN5O2. The Labute approximate surface area is 204 Å². The summed E-state index contributed by atoms with van der Waals surface area (Å²) in [6, 6.07) is 8.03. The first-order valence-electron chi connectivity index (χ1n) is 11.1. The van der Waals surface area contributed by atoms with Gasteiger partial charge in [-0.25, -0.2) is 0 Å². The van der Waals surface area contributed by atoms with Gasteiger partial charge in [-0.1, -0.05) is 31.4 Å². The Balaban J connectivity index is 0.00000480. The molecule has 1 saturated carbocycles. The molecule has 1 aliphatic rings. The molecule has 7 nitrogen and oxygen atoms in total. The predicted octanol–water partition coefficient (Wildman–Crippen LogP) is 3.46. The van der Waals surface area contributed by atoms with Gasteiger partial charge in [0.25, 0.3) is 0 Å². The minimum Gasteiger partial charge on any atom is -0.385 e. The maximum absolute atomic E-state index is 12.5. The van der Waals surface area contributed by atoms with Crippen molar-refractivity contribution in [2.75, 3.05) is 52.8 Å². The van der Waals surface area contributed by atoms with Crippen LogP contribution in [0.15, 0.2) is 29.3 Å². The van der Waals surface area contributed by atoms with Gasteiger partial charge in [0.2, 0.25) is 5.91 Å². The highest BCUT2D eigenvalue weighted by Gasteiger charge is 2.21. The first kappa shape index (κ1) is 27.6. The number of nitrogens with zero attached hydrogens (tertiary/aromatic N) is 2. The zero-order valence-electron chi connectivity index (χ0n) is 19.3. The van der Waals surface area contributed by atoms with Crippen LogP contribution in [0, 0.1) is 5.92 Å². The Bertz CT molecular complexity index is 665. The third-order valence-corrected chi connectivity index (χ3v) is 5.53. The molecule has 1 fully saturated rings. The molecule has 0 unspecified atom stereocenters. The second kappa shape index (κ2) is 16.3. The highest BCUT2D eigenvalue weighted by Crippen LogP contribution is 2.25. The number of likely N-dealkylation sites (N-methyl/N-ethyl adjacent to an activating group) is 1. The van der Waals surface area contributed by atoms with Gasteiger partial charge in [-0.2, -0.15) is 0 Å². The van der Waals surface area contributed by atoms with Crippen molar-refractivity contribution < 1.29 is 9.53 Å². The Kier molecular flexibility index (Phi) is 14.5. The molecule has 1 amide bonds. The average Bonchev–Trinajstić information content (AvgIpc) is 2.77. The smallest absolute Gasteiger partial charge is 0.227 e. The number of aliphatic imine (C=N–C) groups is 1. The van der Waals surface area contributed by atoms with Crippen molar-refractivity contribution in [3.05, 3.63) is 29.8 Å². The summed E-state index contributed by atoms with van der Waals surface area (Å²) in [5.74, 6) is 1.10. The Morgan fingerprint density at radius 2 is 1.97 bits per heavy atom. The molecule has 8 heteroatoms. The van der Waals surface area contributed by atoms with Crippen LogP contribution in [0.3, 0.4) is 0 Å². The summed E-state index contributed by atoms with van der Waals surface area (Å²) in [7, 11) is 5.62. The van der Waals surface area contributed by atoms with Crippen LogP contribution in [0.4, 0.5) is 5.69 Å². The number of methoxy groups -OCH3 is 1. The standard InChI is InChI=1S/C23H39N5O2.HI/c1-24-23(25-13-15-28(2)14-8-16-30-3)26-18-19-9-7-12-21(17-19)27-22(29)20-10-5-4-6-11-20;/h7,9,12,17,20H,4-6,8,10-11,13-16,18H2,1-3H3,(H,27,29)(H2,24,25,26);1H. The number of halogens is 1. The molecule has 0 radical (unpaired) electrons. The van der Waals surface area contributed by atoms with E-state index in [4.69, 9.17) is 4.74 Å². The first-order valence-corrected chi connectivity index (χ1v) is 11.1. The van der Waals surface area contributed by atoms with E-state index in [1.807, 2.05) is 18.2 Å². The zero-order chi connectivity index (χ0) is 21.6. The monoisotopic (exact) mass is 545 g/mol. The van der Waals surface area contributed by atoms with Gasteiger partial charge in [0.15, 0.2) is 5.96 Å². The number of hydrogen-bond acceptors (Lipinski definition) is 4. The maximum atomic E-state index is 12.5. The van der Waals surface area contributed by atoms with Gasteiger partial charge >= 0.3 is 0 Å². The molecule has 0 aromatic heterocycles. The van der Waals surface area contributed by atoms with Crippen LogP contribution >= 0.6 is 24.0 Å². The quantitative estimate of drug-likeness (QED) is 0.172. The molecule has 0 bridgehead atoms. The Morgan fingerprint density at radius 1 is 1.19 bits per heavy atom. The topological polar surface area (TPSA) is 78.0 Å². The summed E-state index contributed by atoms with van der Waals surface area (Å²) in [6.45, 7) is 4.21. The number of rotatable bonds is 11. The highest BCUT2D eigenvalue weighted by atomic mass is 127. The summed E-state index contributed by atoms with van der Waals surface area (Å²) in [5, 5.41) is 9.78. The Hall–Kier alpha value is -1.39. The number of anilines is 1. The van der Waals surface area contributed by atoms with Crippen molar-refractivity contribution in [2.24, 2.45) is 10.9 Å². The van der Waals surface area contributed by atoms with Crippen molar-refractivity contribution in [1.82, 2.24) is 15.5 Å². The highest BCUT2D eigenvalue weighted by molar-refractivity contribution is 14.0. The molecule has 0 spiro atoms. The van der Waals surface area contributed by atoms with Crippen LogP contribution in [0.5, 0.6) is 0 Å². The number of benzene rings is 1. The molecule has 0 saturated heterocycles. The van der Waals surface area contributed by atoms with Gasteiger partial charge in [0.1, 0.15) is 0 Å². The summed E-state index contributed by atoms with van der Waals surface area (Å²) >= 11 is 0. The van der Waals surface area contributed by atoms with E-state index in [1.165, 1.54) is 6.42 Å². The predicted molar refractivity (Wildman–Crippen MR) is 139 cm³/mol. The van der Waals surface area contributed by atoms with E-state index in [9.17, 15) is 4.79 Å². The number of ether oxygens (including phenoxy) is 1. The molecular weight excluding hydrogens is 505 g/mol. The van der Waals surface area contributed by atoms with Crippen LogP contribution in [0.2, 0.25) is 0 Å². The second-order valence-electron chi connectivity index (χ2n) is 8.03. The van der Waals surface area contributed by atoms with E-state index in [0.29, 0.717) is 6.54 Å². The normalized spacial score (nSPS) is 14.8. The van der Waals surface area contributed by atoms with Crippen molar-refractivity contribution in [2.45, 2.75) is 45.1 Å². The molecule has 31 heavy (non-hydrogen) atoms. The van der Waals surface area contributed by atoms with Gasteiger partial charge in [-0.3, -0.25) is 9.79 Å². The lowest BCUT2D eigenvalue weighted by atomic mass is 9.88. The number of hydrogen-bond donors (Lipinski definition) is 3. The SMILES string of the molecule is CN=C(NCCN(C)CCCOC)NCc1cccc(NC(=O)C2CCCCC2)c1.I. The molecule has 2 rings (SSSR count). The van der Waals surface area contributed by atoms with E-state index < -0.39 is 0 Å². The van der Waals surface area contributed by atoms with E-state index in [1.54, 1.807) is 14.2 Å². The van der Waals surface area contributed by atoms with E-state index in [2.05, 4.69) is 39.0 Å². The fourth-order valence-corrected chi connectivity index (χ4v) is 3.73. The van der Waals surface area contributed by atoms with E-state index in [0.717, 1.165) is 75.6 Å². The fourth-order valence-electron chi connectivity index (χ4n) is 3.73. The van der Waals surface area contributed by atoms with Crippen LogP contribution < -0.4 is 16.0 Å². The molecule has 1 aliphatic carbocycles. The first-order chi connectivity index (χ1) is 14.6. The number of guanidine groups is 1. The summed E-state index contributed by atoms with van der Waals surface area (Å²) in [5.41, 5.74) is 1.97. The number of nitrogens with one attached hydrogen (secondary N) is 3. The molecule has 176 valence electrons. The van der Waals surface area contributed by atoms with E-state index in [-0.39, 0.29) is 35.8 Å². The van der Waals surface area contributed by atoms with Gasteiger partial charge in [0, 0.05) is 58.5 Å². The molecule has 3 N–H and O–H groups in total. The third-order valence-electron chi connectivity index (χ3n) is 5.53. The summed E-state index contributed by atoms with van der Waals surface area (Å²) in [4.78, 5) is 19.0. The molecule has 0 heterocycles. The molecule has 0 aliphatic heterocycles. The minimum absolute atomic E-state index is 0. The number of carbonyl (C=O) groups excluding carboxylic acids is 1. The second-order valence-corrected chi connectivity index (χ2v) is 8.03. The van der Waals surface area contributed by atoms with Crippen LogP contribution in [-0.2, 0) is 16.1 Å². The number of amides is 1. The van der Waals surface area contributed by atoms with Gasteiger partial charge < -0.3 is 25.6 Å². The van der Waals surface area contributed by atoms with E-state index >= 15 is 0 Å². The molecule has 1 aromatic rings. The van der Waals surface area contributed by atoms with Crippen molar-refractivity contribution in [3.8, 4) is 0 Å². The van der Waals surface area contributed by atoms with Gasteiger partial charge in [0.05, 0.1) is 0 Å². The fraction of sp³-hybridized carbons (Fsp3) is 0.652. The maximum Gasteiger partial charge on any atom is 0.227 e.